The quantitative estimate of drug-likeness (QED) is 0.383. The number of hydrogen-bond donors (Lipinski definition) is 5. The lowest BCUT2D eigenvalue weighted by Crippen LogP contribution is -1.73. The first kappa shape index (κ1) is 13.3. The molecule has 0 bridgehead atoms. The first-order chi connectivity index (χ1) is 4.54. The molecule has 0 heterocycles. The zero-order valence-electron chi connectivity index (χ0n) is 4.45. The maximum atomic E-state index is 8.51. The molecule has 0 rings (SSSR count). The van der Waals surface area contributed by atoms with Gasteiger partial charge in [-0.3, -0.25) is 0 Å². The van der Waals surface area contributed by atoms with E-state index in [1.54, 1.807) is 0 Å². The van der Waals surface area contributed by atoms with Gasteiger partial charge in [0, 0.05) is 0 Å². The zero-order valence-corrected chi connectivity index (χ0v) is 7.24. The molecule has 5 N–H and O–H groups in total. The maximum Gasteiger partial charge on any atom is 0.491 e. The Morgan fingerprint density at radius 1 is 1.10 bits per heavy atom. The largest absolute Gasteiger partial charge is 0.491 e. The summed E-state index contributed by atoms with van der Waals surface area (Å²) in [4.78, 5) is 38.3. The van der Waals surface area contributed by atoms with E-state index in [1.807, 2.05) is 0 Å². The molecule has 0 aliphatic heterocycles. The van der Waals surface area contributed by atoms with Gasteiger partial charge in [-0.2, -0.15) is 4.89 Å². The van der Waals surface area contributed by atoms with Crippen molar-refractivity contribution in [1.82, 2.24) is 0 Å². The summed E-state index contributed by atoms with van der Waals surface area (Å²) in [5, 5.41) is 0. The molecular formula is H6O7P3+. The summed E-state index contributed by atoms with van der Waals surface area (Å²) < 4.78 is 12.1. The second kappa shape index (κ2) is 9.72. The fraction of sp³-hybridized carbons (Fsp3) is 0. The molecule has 7 nitrogen and oxygen atoms in total. The van der Waals surface area contributed by atoms with Gasteiger partial charge in [0.15, 0.2) is 0 Å². The third kappa shape index (κ3) is 23.3. The van der Waals surface area contributed by atoms with Crippen LogP contribution in [0.4, 0.5) is 0 Å². The van der Waals surface area contributed by atoms with Gasteiger partial charge in [-0.1, -0.05) is 0 Å². The molecule has 1 atom stereocenters. The third-order valence-electron chi connectivity index (χ3n) is 0.146. The van der Waals surface area contributed by atoms with Crippen LogP contribution in [0.3, 0.4) is 0 Å². The molecule has 62 valence electrons. The van der Waals surface area contributed by atoms with E-state index in [2.05, 4.69) is 4.31 Å². The van der Waals surface area contributed by atoms with E-state index in [1.165, 1.54) is 0 Å². The summed E-state index contributed by atoms with van der Waals surface area (Å²) in [6.07, 6.45) is 0. The Kier molecular flexibility index (Phi) is 12.9. The molecular weight excluding hydrogens is 205 g/mol. The Morgan fingerprint density at radius 2 is 1.30 bits per heavy atom. The molecule has 0 saturated heterocycles. The highest BCUT2D eigenvalue weighted by molar-refractivity contribution is 7.53. The maximum absolute atomic E-state index is 8.51. The second-order valence-electron chi connectivity index (χ2n) is 0.678. The molecule has 0 aromatic carbocycles. The van der Waals surface area contributed by atoms with Gasteiger partial charge in [0.25, 0.3) is 0 Å². The Labute approximate surface area is 60.2 Å². The van der Waals surface area contributed by atoms with Gasteiger partial charge in [0.05, 0.1) is 0 Å². The predicted molar refractivity (Wildman–Crippen MR) is 35.0 cm³/mol. The molecule has 0 radical (unpaired) electrons. The summed E-state index contributed by atoms with van der Waals surface area (Å²) in [6.45, 7) is 0. The molecule has 0 aromatic rings. The van der Waals surface area contributed by atoms with Crippen LogP contribution >= 0.6 is 25.9 Å². The lowest BCUT2D eigenvalue weighted by molar-refractivity contribution is 0.324. The summed E-state index contributed by atoms with van der Waals surface area (Å²) in [6, 6.07) is 0. The van der Waals surface area contributed by atoms with Crippen LogP contribution in [0.5, 0.6) is 0 Å². The Balaban J connectivity index is 0. The summed E-state index contributed by atoms with van der Waals surface area (Å²) in [7, 11) is -6.39. The van der Waals surface area contributed by atoms with Crippen molar-refractivity contribution >= 4 is 25.9 Å². The Bertz CT molecular complexity index is 63.3. The molecule has 0 aliphatic carbocycles. The normalized spacial score (nSPS) is 9.90. The standard InChI is InChI=1S/H4O5P2.HO2P/c1-6(2)5-7(3)4;1-3-2/h1-4H;3H/p+1. The van der Waals surface area contributed by atoms with Crippen LogP contribution in [0.1, 0.15) is 0 Å². The highest BCUT2D eigenvalue weighted by atomic mass is 31.2. The average molecular weight is 211 g/mol. The van der Waals surface area contributed by atoms with Crippen molar-refractivity contribution in [1.29, 1.82) is 0 Å². The Morgan fingerprint density at radius 3 is 1.30 bits per heavy atom. The smallest absolute Gasteiger partial charge is 0.328 e. The van der Waals surface area contributed by atoms with Gasteiger partial charge >= 0.3 is 25.9 Å². The topological polar surface area (TPSA) is 127 Å². The number of hydrogen-bond acceptors (Lipinski definition) is 6. The summed E-state index contributed by atoms with van der Waals surface area (Å²) >= 11 is 0. The molecule has 0 spiro atoms. The van der Waals surface area contributed by atoms with E-state index in [0.717, 1.165) is 0 Å². The van der Waals surface area contributed by atoms with Crippen molar-refractivity contribution in [3.05, 3.63) is 0 Å². The molecule has 0 fully saturated rings. The van der Waals surface area contributed by atoms with E-state index >= 15 is 0 Å². The second-order valence-corrected chi connectivity index (χ2v) is 2.53. The van der Waals surface area contributed by atoms with Crippen molar-refractivity contribution in [3.8, 4) is 0 Å². The Hall–Kier alpha value is 0.720. The molecule has 10 heavy (non-hydrogen) atoms. The van der Waals surface area contributed by atoms with Crippen LogP contribution in [0, 0.1) is 0 Å². The molecule has 10 heteroatoms. The first-order valence-corrected chi connectivity index (χ1v) is 4.78. The van der Waals surface area contributed by atoms with Gasteiger partial charge < -0.3 is 19.6 Å². The van der Waals surface area contributed by atoms with Crippen LogP contribution in [-0.2, 0) is 8.88 Å². The lowest BCUT2D eigenvalue weighted by atomic mass is 15.7. The van der Waals surface area contributed by atoms with E-state index in [-0.39, 0.29) is 0 Å². The highest BCUT2D eigenvalue weighted by Crippen LogP contribution is 2.41. The average Bonchev–Trinajstić information content (AvgIpc) is 1.62. The molecule has 1 unspecified atom stereocenters. The van der Waals surface area contributed by atoms with Crippen LogP contribution in [0.15, 0.2) is 0 Å². The third-order valence-corrected chi connectivity index (χ3v) is 1.31. The number of rotatable bonds is 2. The van der Waals surface area contributed by atoms with E-state index in [4.69, 9.17) is 29.0 Å². The van der Waals surface area contributed by atoms with Crippen LogP contribution in [0.25, 0.3) is 0 Å². The fourth-order valence-electron chi connectivity index (χ4n) is 0.0653. The van der Waals surface area contributed by atoms with Gasteiger partial charge in [0.1, 0.15) is 0 Å². The molecule has 0 saturated carbocycles. The van der Waals surface area contributed by atoms with Crippen LogP contribution in [-0.4, -0.2) is 24.5 Å². The van der Waals surface area contributed by atoms with E-state index < -0.39 is 25.9 Å². The van der Waals surface area contributed by atoms with Crippen molar-refractivity contribution < 1.29 is 33.3 Å². The first-order valence-electron chi connectivity index (χ1n) is 1.59. The minimum absolute atomic E-state index is 1.17. The van der Waals surface area contributed by atoms with Gasteiger partial charge in [-0.15, -0.1) is 0 Å². The van der Waals surface area contributed by atoms with Crippen molar-refractivity contribution in [2.45, 2.75) is 0 Å². The molecule has 0 aliphatic rings. The predicted octanol–water partition coefficient (Wildman–Crippen LogP) is -0.656. The fourth-order valence-corrected chi connectivity index (χ4v) is 0.588. The highest BCUT2D eigenvalue weighted by Gasteiger charge is 2.05. The minimum atomic E-state index is -2.61. The van der Waals surface area contributed by atoms with Crippen molar-refractivity contribution in [2.75, 3.05) is 0 Å². The van der Waals surface area contributed by atoms with Crippen molar-refractivity contribution in [3.63, 3.8) is 0 Å². The van der Waals surface area contributed by atoms with Crippen molar-refractivity contribution in [2.24, 2.45) is 0 Å². The minimum Gasteiger partial charge on any atom is -0.328 e. The molecule has 0 aromatic heterocycles. The van der Waals surface area contributed by atoms with E-state index in [9.17, 15) is 0 Å². The van der Waals surface area contributed by atoms with E-state index in [0.29, 0.717) is 0 Å². The molecule has 0 amide bonds. The monoisotopic (exact) mass is 211 g/mol. The summed E-state index contributed by atoms with van der Waals surface area (Å²) in [5.41, 5.74) is 0. The van der Waals surface area contributed by atoms with Crippen LogP contribution in [0.2, 0.25) is 0 Å². The zero-order chi connectivity index (χ0) is 8.57. The van der Waals surface area contributed by atoms with Gasteiger partial charge in [0.2, 0.25) is 0 Å². The lowest BCUT2D eigenvalue weighted by Gasteiger charge is -2.00. The van der Waals surface area contributed by atoms with Gasteiger partial charge in [-0.25, -0.2) is 4.31 Å². The SMILES string of the molecule is O=[PH+]O.OP(O)OP(O)O. The van der Waals surface area contributed by atoms with Gasteiger partial charge in [-0.05, 0) is 4.57 Å². The summed E-state index contributed by atoms with van der Waals surface area (Å²) in [5.74, 6) is 0. The van der Waals surface area contributed by atoms with Crippen LogP contribution < -0.4 is 0 Å².